The van der Waals surface area contributed by atoms with Gasteiger partial charge in [0.25, 0.3) is 5.91 Å². The number of fused-ring (bicyclic) bond motifs is 1. The minimum absolute atomic E-state index is 0.0655. The molecule has 1 heterocycles. The van der Waals surface area contributed by atoms with Crippen LogP contribution in [0.2, 0.25) is 0 Å². The van der Waals surface area contributed by atoms with Crippen LogP contribution in [0.4, 0.5) is 0 Å². The van der Waals surface area contributed by atoms with Crippen molar-refractivity contribution in [2.24, 2.45) is 4.99 Å². The highest BCUT2D eigenvalue weighted by Crippen LogP contribution is 2.20. The normalized spacial score (nSPS) is 11.6. The summed E-state index contributed by atoms with van der Waals surface area (Å²) in [5, 5.41) is 0. The predicted octanol–water partition coefficient (Wildman–Crippen LogP) is 3.08. The number of nitrogens with zero attached hydrogens (tertiary/aromatic N) is 2. The molecule has 3 aromatic rings. The van der Waals surface area contributed by atoms with Crippen LogP contribution in [0.15, 0.2) is 47.5 Å². The molecule has 0 aliphatic heterocycles. The minimum Gasteiger partial charge on any atom is -0.465 e. The Balaban J connectivity index is 2.06. The van der Waals surface area contributed by atoms with Crippen molar-refractivity contribution in [1.29, 1.82) is 0 Å². The second-order valence-electron chi connectivity index (χ2n) is 6.25. The molecule has 0 saturated heterocycles. The number of aromatic nitrogens is 1. The fourth-order valence-corrected chi connectivity index (χ4v) is 3.89. The first-order chi connectivity index (χ1) is 13.9. The maximum absolute atomic E-state index is 12.7. The molecular formula is C21H20N2O5S. The summed E-state index contributed by atoms with van der Waals surface area (Å²) in [5.74, 6) is -0.904. The molecule has 0 aliphatic rings. The second kappa shape index (κ2) is 8.93. The molecule has 0 fully saturated rings. The minimum atomic E-state index is -0.427. The summed E-state index contributed by atoms with van der Waals surface area (Å²) >= 11 is 1.31. The number of thiazole rings is 1. The topological polar surface area (TPSA) is 87.0 Å². The molecule has 7 nitrogen and oxygen atoms in total. The molecule has 150 valence electrons. The fraction of sp³-hybridized carbons (Fsp3) is 0.238. The number of hydrogen-bond acceptors (Lipinski definition) is 6. The van der Waals surface area contributed by atoms with E-state index in [1.807, 2.05) is 4.57 Å². The number of methoxy groups -OCH3 is 2. The van der Waals surface area contributed by atoms with E-state index >= 15 is 0 Å². The van der Waals surface area contributed by atoms with E-state index in [-0.39, 0.29) is 5.78 Å². The van der Waals surface area contributed by atoms with Crippen LogP contribution in [0.25, 0.3) is 10.2 Å². The SMILES string of the molecule is COCCn1c(=NC(=O)c2ccc(C(C)=O)cc2)sc2cc(C(=O)OC)ccc21. The molecular weight excluding hydrogens is 392 g/mol. The summed E-state index contributed by atoms with van der Waals surface area (Å²) in [6, 6.07) is 11.6. The highest BCUT2D eigenvalue weighted by atomic mass is 32.1. The number of hydrogen-bond donors (Lipinski definition) is 0. The third-order valence-electron chi connectivity index (χ3n) is 4.36. The lowest BCUT2D eigenvalue weighted by atomic mass is 10.1. The van der Waals surface area contributed by atoms with Crippen molar-refractivity contribution in [1.82, 2.24) is 4.57 Å². The molecule has 2 aromatic carbocycles. The zero-order valence-electron chi connectivity index (χ0n) is 16.3. The van der Waals surface area contributed by atoms with Gasteiger partial charge in [0, 0.05) is 24.8 Å². The number of Topliss-reactive ketones (excluding diaryl/α,β-unsaturated/α-hetero) is 1. The fourth-order valence-electron chi connectivity index (χ4n) is 2.80. The molecule has 0 unspecified atom stereocenters. The van der Waals surface area contributed by atoms with Crippen LogP contribution >= 0.6 is 11.3 Å². The van der Waals surface area contributed by atoms with Gasteiger partial charge in [-0.05, 0) is 37.3 Å². The smallest absolute Gasteiger partial charge is 0.337 e. The Labute approximate surface area is 171 Å². The Morgan fingerprint density at radius 3 is 2.28 bits per heavy atom. The molecule has 0 saturated carbocycles. The maximum Gasteiger partial charge on any atom is 0.337 e. The van der Waals surface area contributed by atoms with Gasteiger partial charge >= 0.3 is 5.97 Å². The van der Waals surface area contributed by atoms with Crippen LogP contribution in [0, 0.1) is 0 Å². The molecule has 0 radical (unpaired) electrons. The average molecular weight is 412 g/mol. The van der Waals surface area contributed by atoms with E-state index in [2.05, 4.69) is 4.99 Å². The number of rotatable bonds is 6. The summed E-state index contributed by atoms with van der Waals surface area (Å²) in [4.78, 5) is 40.6. The van der Waals surface area contributed by atoms with Gasteiger partial charge < -0.3 is 14.0 Å². The van der Waals surface area contributed by atoms with E-state index in [0.29, 0.717) is 34.6 Å². The molecule has 0 atom stereocenters. The Morgan fingerprint density at radius 2 is 1.66 bits per heavy atom. The molecule has 1 aromatic heterocycles. The van der Waals surface area contributed by atoms with Gasteiger partial charge in [0.1, 0.15) is 0 Å². The number of ketones is 1. The first-order valence-corrected chi connectivity index (χ1v) is 9.67. The van der Waals surface area contributed by atoms with Crippen molar-refractivity contribution >= 4 is 39.2 Å². The number of carbonyl (C=O) groups is 3. The van der Waals surface area contributed by atoms with E-state index in [4.69, 9.17) is 9.47 Å². The number of benzene rings is 2. The highest BCUT2D eigenvalue weighted by Gasteiger charge is 2.13. The van der Waals surface area contributed by atoms with Gasteiger partial charge in [0.15, 0.2) is 10.6 Å². The molecule has 0 bridgehead atoms. The molecule has 8 heteroatoms. The zero-order chi connectivity index (χ0) is 21.0. The summed E-state index contributed by atoms with van der Waals surface area (Å²) in [7, 11) is 2.93. The lowest BCUT2D eigenvalue weighted by Gasteiger charge is -2.05. The van der Waals surface area contributed by atoms with Gasteiger partial charge in [-0.25, -0.2) is 4.79 Å². The number of carbonyl (C=O) groups excluding carboxylic acids is 3. The molecule has 0 aliphatic carbocycles. The average Bonchev–Trinajstić information content (AvgIpc) is 3.07. The van der Waals surface area contributed by atoms with Crippen LogP contribution in [-0.2, 0) is 16.0 Å². The molecule has 1 amide bonds. The van der Waals surface area contributed by atoms with Crippen LogP contribution in [0.1, 0.15) is 38.0 Å². The largest absolute Gasteiger partial charge is 0.465 e. The lowest BCUT2D eigenvalue weighted by Crippen LogP contribution is -2.19. The van der Waals surface area contributed by atoms with Gasteiger partial charge in [-0.3, -0.25) is 9.59 Å². The quantitative estimate of drug-likeness (QED) is 0.459. The third kappa shape index (κ3) is 4.49. The van der Waals surface area contributed by atoms with E-state index in [9.17, 15) is 14.4 Å². The van der Waals surface area contributed by atoms with Gasteiger partial charge in [0.05, 0.1) is 29.5 Å². The van der Waals surface area contributed by atoms with Gasteiger partial charge in [-0.2, -0.15) is 4.99 Å². The highest BCUT2D eigenvalue weighted by molar-refractivity contribution is 7.16. The Morgan fingerprint density at radius 1 is 1.00 bits per heavy atom. The monoisotopic (exact) mass is 412 g/mol. The maximum atomic E-state index is 12.7. The Hall–Kier alpha value is -3.10. The number of esters is 1. The van der Waals surface area contributed by atoms with E-state index < -0.39 is 11.9 Å². The Bertz CT molecular complexity index is 1140. The van der Waals surface area contributed by atoms with Crippen LogP contribution < -0.4 is 4.80 Å². The summed E-state index contributed by atoms with van der Waals surface area (Å²) in [5.41, 5.74) is 2.20. The van der Waals surface area contributed by atoms with Crippen molar-refractivity contribution in [2.45, 2.75) is 13.5 Å². The van der Waals surface area contributed by atoms with Crippen LogP contribution in [-0.4, -0.2) is 43.1 Å². The first kappa shape index (κ1) is 20.6. The standard InChI is InChI=1S/C21H20N2O5S/c1-13(24)14-4-6-15(7-5-14)19(25)22-21-23(10-11-27-2)17-9-8-16(20(26)28-3)12-18(17)29-21/h4-9,12H,10-11H2,1-3H3. The van der Waals surface area contributed by atoms with Crippen LogP contribution in [0.5, 0.6) is 0 Å². The van der Waals surface area contributed by atoms with E-state index in [1.54, 1.807) is 49.6 Å². The Kier molecular flexibility index (Phi) is 6.36. The van der Waals surface area contributed by atoms with E-state index in [0.717, 1.165) is 10.2 Å². The van der Waals surface area contributed by atoms with Crippen molar-refractivity contribution in [3.05, 3.63) is 64.0 Å². The van der Waals surface area contributed by atoms with Gasteiger partial charge in [-0.1, -0.05) is 23.5 Å². The molecule has 29 heavy (non-hydrogen) atoms. The van der Waals surface area contributed by atoms with Crippen molar-refractivity contribution in [2.75, 3.05) is 20.8 Å². The van der Waals surface area contributed by atoms with Crippen molar-refractivity contribution in [3.63, 3.8) is 0 Å². The van der Waals surface area contributed by atoms with Crippen LogP contribution in [0.3, 0.4) is 0 Å². The van der Waals surface area contributed by atoms with Gasteiger partial charge in [-0.15, -0.1) is 0 Å². The number of amides is 1. The summed E-state index contributed by atoms with van der Waals surface area (Å²) < 4.78 is 12.6. The molecule has 0 spiro atoms. The van der Waals surface area contributed by atoms with Crippen molar-refractivity contribution < 1.29 is 23.9 Å². The molecule has 0 N–H and O–H groups in total. The number of ether oxygens (including phenoxy) is 2. The second-order valence-corrected chi connectivity index (χ2v) is 7.26. The lowest BCUT2D eigenvalue weighted by molar-refractivity contribution is 0.0600. The summed E-state index contributed by atoms with van der Waals surface area (Å²) in [6.45, 7) is 2.42. The predicted molar refractivity (Wildman–Crippen MR) is 109 cm³/mol. The van der Waals surface area contributed by atoms with E-state index in [1.165, 1.54) is 25.4 Å². The third-order valence-corrected chi connectivity index (χ3v) is 5.40. The summed E-state index contributed by atoms with van der Waals surface area (Å²) in [6.07, 6.45) is 0. The molecule has 3 rings (SSSR count). The zero-order valence-corrected chi connectivity index (χ0v) is 17.1. The first-order valence-electron chi connectivity index (χ1n) is 8.85. The van der Waals surface area contributed by atoms with Gasteiger partial charge in [0.2, 0.25) is 0 Å². The van der Waals surface area contributed by atoms with Crippen molar-refractivity contribution in [3.8, 4) is 0 Å².